The lowest BCUT2D eigenvalue weighted by atomic mass is 10.2. The van der Waals surface area contributed by atoms with Gasteiger partial charge in [0, 0.05) is 11.9 Å². The predicted molar refractivity (Wildman–Crippen MR) is 67.2 cm³/mol. The molecule has 0 amide bonds. The zero-order valence-corrected chi connectivity index (χ0v) is 10.2. The number of hydrogen-bond acceptors (Lipinski definition) is 3. The van der Waals surface area contributed by atoms with E-state index in [0.717, 1.165) is 5.56 Å². The Labute approximate surface area is 108 Å². The van der Waals surface area contributed by atoms with Gasteiger partial charge >= 0.3 is 5.97 Å². The molecular weight excluding hydrogens is 253 g/mol. The number of carboxylic acid groups (broad SMARTS) is 1. The zero-order valence-electron chi connectivity index (χ0n) is 9.34. The maximum atomic E-state index is 12.7. The number of aromatic nitrogens is 1. The third-order valence-electron chi connectivity index (χ3n) is 2.29. The van der Waals surface area contributed by atoms with Crippen molar-refractivity contribution in [3.63, 3.8) is 0 Å². The molecular formula is C13H10FNO2S. The summed E-state index contributed by atoms with van der Waals surface area (Å²) < 4.78 is 12.7. The number of hydrogen-bond donors (Lipinski definition) is 1. The van der Waals surface area contributed by atoms with Crippen molar-refractivity contribution in [2.75, 3.05) is 0 Å². The molecule has 2 aromatic rings. The van der Waals surface area contributed by atoms with Crippen molar-refractivity contribution in [1.82, 2.24) is 4.98 Å². The van der Waals surface area contributed by atoms with Gasteiger partial charge < -0.3 is 5.11 Å². The molecule has 1 N–H and O–H groups in total. The van der Waals surface area contributed by atoms with E-state index in [1.807, 2.05) is 0 Å². The van der Waals surface area contributed by atoms with Crippen molar-refractivity contribution < 1.29 is 14.3 Å². The van der Waals surface area contributed by atoms with Crippen LogP contribution in [-0.4, -0.2) is 16.1 Å². The van der Waals surface area contributed by atoms with Crippen LogP contribution >= 0.6 is 11.8 Å². The second-order valence-electron chi connectivity index (χ2n) is 3.58. The molecule has 2 rings (SSSR count). The van der Waals surface area contributed by atoms with E-state index in [2.05, 4.69) is 4.98 Å². The van der Waals surface area contributed by atoms with Gasteiger partial charge in [0.25, 0.3) is 0 Å². The van der Waals surface area contributed by atoms with Crippen molar-refractivity contribution >= 4 is 17.7 Å². The van der Waals surface area contributed by atoms with Crippen LogP contribution in [0.5, 0.6) is 0 Å². The van der Waals surface area contributed by atoms with Gasteiger partial charge in [-0.1, -0.05) is 12.1 Å². The number of rotatable bonds is 4. The first-order chi connectivity index (χ1) is 8.66. The van der Waals surface area contributed by atoms with Crippen molar-refractivity contribution in [1.29, 1.82) is 0 Å². The topological polar surface area (TPSA) is 50.2 Å². The standard InChI is InChI=1S/C13H10FNO2S/c14-10-5-3-9(4-6-10)8-18-12-11(13(16)17)2-1-7-15-12/h1-7H,8H2,(H,16,17). The van der Waals surface area contributed by atoms with Crippen molar-refractivity contribution in [2.24, 2.45) is 0 Å². The number of thioether (sulfide) groups is 1. The molecule has 0 bridgehead atoms. The Bertz CT molecular complexity index is 557. The Hall–Kier alpha value is -1.88. The van der Waals surface area contributed by atoms with Gasteiger partial charge in [0.05, 0.1) is 5.56 Å². The second-order valence-corrected chi connectivity index (χ2v) is 4.54. The lowest BCUT2D eigenvalue weighted by Gasteiger charge is -2.04. The maximum absolute atomic E-state index is 12.7. The first kappa shape index (κ1) is 12.6. The molecule has 0 unspecified atom stereocenters. The predicted octanol–water partition coefficient (Wildman–Crippen LogP) is 3.21. The lowest BCUT2D eigenvalue weighted by Crippen LogP contribution is -2.00. The van der Waals surface area contributed by atoms with E-state index in [9.17, 15) is 9.18 Å². The van der Waals surface area contributed by atoms with Crippen LogP contribution in [0.3, 0.4) is 0 Å². The van der Waals surface area contributed by atoms with E-state index >= 15 is 0 Å². The van der Waals surface area contributed by atoms with E-state index in [1.54, 1.807) is 24.4 Å². The monoisotopic (exact) mass is 263 g/mol. The van der Waals surface area contributed by atoms with Crippen LogP contribution in [0, 0.1) is 5.82 Å². The summed E-state index contributed by atoms with van der Waals surface area (Å²) in [5.41, 5.74) is 1.10. The molecule has 0 saturated heterocycles. The van der Waals surface area contributed by atoms with Crippen LogP contribution in [0.2, 0.25) is 0 Å². The number of nitrogens with zero attached hydrogens (tertiary/aromatic N) is 1. The molecule has 0 saturated carbocycles. The largest absolute Gasteiger partial charge is 0.478 e. The van der Waals surface area contributed by atoms with Crippen LogP contribution in [0.15, 0.2) is 47.6 Å². The van der Waals surface area contributed by atoms with Crippen molar-refractivity contribution in [3.8, 4) is 0 Å². The number of aromatic carboxylic acids is 1. The number of halogens is 1. The van der Waals surface area contributed by atoms with Gasteiger partial charge in [-0.25, -0.2) is 14.2 Å². The minimum absolute atomic E-state index is 0.185. The lowest BCUT2D eigenvalue weighted by molar-refractivity contribution is 0.0692. The van der Waals surface area contributed by atoms with Crippen LogP contribution in [-0.2, 0) is 5.75 Å². The number of carboxylic acids is 1. The summed E-state index contributed by atoms with van der Waals surface area (Å²) in [7, 11) is 0. The average Bonchev–Trinajstić information content (AvgIpc) is 2.38. The van der Waals surface area contributed by atoms with Crippen LogP contribution in [0.4, 0.5) is 4.39 Å². The highest BCUT2D eigenvalue weighted by molar-refractivity contribution is 7.98. The third-order valence-corrected chi connectivity index (χ3v) is 3.37. The fraction of sp³-hybridized carbons (Fsp3) is 0.0769. The molecule has 18 heavy (non-hydrogen) atoms. The Balaban J connectivity index is 2.10. The van der Waals surface area contributed by atoms with Crippen LogP contribution in [0.25, 0.3) is 0 Å². The fourth-order valence-electron chi connectivity index (χ4n) is 1.40. The Morgan fingerprint density at radius 2 is 2.00 bits per heavy atom. The first-order valence-electron chi connectivity index (χ1n) is 5.22. The highest BCUT2D eigenvalue weighted by Gasteiger charge is 2.10. The first-order valence-corrected chi connectivity index (χ1v) is 6.21. The molecule has 92 valence electrons. The van der Waals surface area contributed by atoms with Crippen molar-refractivity contribution in [2.45, 2.75) is 10.8 Å². The number of benzene rings is 1. The summed E-state index contributed by atoms with van der Waals surface area (Å²) in [6.45, 7) is 0. The molecule has 3 nitrogen and oxygen atoms in total. The molecule has 0 spiro atoms. The molecule has 0 radical (unpaired) electrons. The number of carbonyl (C=O) groups is 1. The summed E-state index contributed by atoms with van der Waals surface area (Å²) in [4.78, 5) is 15.0. The molecule has 0 fully saturated rings. The summed E-state index contributed by atoms with van der Waals surface area (Å²) in [5, 5.41) is 9.46. The fourth-order valence-corrected chi connectivity index (χ4v) is 2.34. The zero-order chi connectivity index (χ0) is 13.0. The summed E-state index contributed by atoms with van der Waals surface area (Å²) in [5.74, 6) is -0.727. The molecule has 0 aliphatic carbocycles. The van der Waals surface area contributed by atoms with Gasteiger partial charge in [-0.2, -0.15) is 0 Å². The summed E-state index contributed by atoms with van der Waals surface area (Å²) in [6.07, 6.45) is 1.55. The maximum Gasteiger partial charge on any atom is 0.338 e. The van der Waals surface area contributed by atoms with Gasteiger partial charge in [-0.05, 0) is 29.8 Å². The quantitative estimate of drug-likeness (QED) is 0.860. The smallest absolute Gasteiger partial charge is 0.338 e. The minimum Gasteiger partial charge on any atom is -0.478 e. The molecule has 1 aromatic heterocycles. The number of pyridine rings is 1. The summed E-state index contributed by atoms with van der Waals surface area (Å²) >= 11 is 1.32. The SMILES string of the molecule is O=C(O)c1cccnc1SCc1ccc(F)cc1. The molecule has 0 atom stereocenters. The van der Waals surface area contributed by atoms with E-state index in [1.165, 1.54) is 30.0 Å². The minimum atomic E-state index is -0.996. The molecule has 1 heterocycles. The van der Waals surface area contributed by atoms with E-state index in [4.69, 9.17) is 5.11 Å². The van der Waals surface area contributed by atoms with E-state index < -0.39 is 5.97 Å². The van der Waals surface area contributed by atoms with Crippen LogP contribution in [0.1, 0.15) is 15.9 Å². The molecule has 0 aliphatic heterocycles. The van der Waals surface area contributed by atoms with E-state index in [-0.39, 0.29) is 11.4 Å². The van der Waals surface area contributed by atoms with Gasteiger partial charge in [0.1, 0.15) is 10.8 Å². The normalized spacial score (nSPS) is 10.3. The molecule has 1 aromatic carbocycles. The Kier molecular flexibility index (Phi) is 3.94. The molecule has 5 heteroatoms. The van der Waals surface area contributed by atoms with Gasteiger partial charge in [-0.3, -0.25) is 0 Å². The summed E-state index contributed by atoms with van der Waals surface area (Å²) in [6, 6.07) is 9.21. The Morgan fingerprint density at radius 1 is 1.28 bits per heavy atom. The van der Waals surface area contributed by atoms with Gasteiger partial charge in [-0.15, -0.1) is 11.8 Å². The highest BCUT2D eigenvalue weighted by Crippen LogP contribution is 2.24. The average molecular weight is 263 g/mol. The molecule has 0 aliphatic rings. The highest BCUT2D eigenvalue weighted by atomic mass is 32.2. The van der Waals surface area contributed by atoms with Crippen LogP contribution < -0.4 is 0 Å². The van der Waals surface area contributed by atoms with Crippen molar-refractivity contribution in [3.05, 3.63) is 59.5 Å². The van der Waals surface area contributed by atoms with Gasteiger partial charge in [0.2, 0.25) is 0 Å². The Morgan fingerprint density at radius 3 is 2.67 bits per heavy atom. The third kappa shape index (κ3) is 3.07. The second kappa shape index (κ2) is 5.64. The van der Waals surface area contributed by atoms with E-state index in [0.29, 0.717) is 10.8 Å². The van der Waals surface area contributed by atoms with Gasteiger partial charge in [0.15, 0.2) is 0 Å².